The Kier molecular flexibility index (Phi) is 4.87. The van der Waals surface area contributed by atoms with Crippen molar-refractivity contribution in [2.24, 2.45) is 0 Å². The van der Waals surface area contributed by atoms with Crippen LogP contribution in [0, 0.1) is 0 Å². The van der Waals surface area contributed by atoms with Crippen LogP contribution in [0.1, 0.15) is 12.0 Å². The van der Waals surface area contributed by atoms with Crippen molar-refractivity contribution >= 4 is 12.0 Å². The van der Waals surface area contributed by atoms with E-state index in [1.54, 1.807) is 21.3 Å². The fraction of sp³-hybridized carbons (Fsp3) is 0.312. The standard InChI is InChI=1S/C16H18O5/c1-18-13-9-12(21-16(17)10-13)6-4-11-5-7-14(19-2)15(8-11)20-3/h4-8,10,12H,9H2,1-3H3/b6-4+. The van der Waals surface area contributed by atoms with E-state index in [1.807, 2.05) is 30.4 Å². The van der Waals surface area contributed by atoms with Gasteiger partial charge in [-0.25, -0.2) is 4.79 Å². The van der Waals surface area contributed by atoms with E-state index >= 15 is 0 Å². The molecule has 1 aliphatic heterocycles. The van der Waals surface area contributed by atoms with Gasteiger partial charge in [0.25, 0.3) is 0 Å². The molecule has 1 aliphatic rings. The van der Waals surface area contributed by atoms with E-state index in [1.165, 1.54) is 6.08 Å². The Morgan fingerprint density at radius 3 is 2.57 bits per heavy atom. The van der Waals surface area contributed by atoms with Crippen LogP contribution >= 0.6 is 0 Å². The summed E-state index contributed by atoms with van der Waals surface area (Å²) in [5, 5.41) is 0. The van der Waals surface area contributed by atoms with E-state index in [0.29, 0.717) is 23.7 Å². The molecule has 2 rings (SSSR count). The minimum atomic E-state index is -0.389. The molecule has 0 bridgehead atoms. The number of carbonyl (C=O) groups excluding carboxylic acids is 1. The highest BCUT2D eigenvalue weighted by atomic mass is 16.5. The summed E-state index contributed by atoms with van der Waals surface area (Å²) in [6, 6.07) is 5.58. The summed E-state index contributed by atoms with van der Waals surface area (Å²) in [5.74, 6) is 1.55. The van der Waals surface area contributed by atoms with Crippen molar-refractivity contribution in [2.75, 3.05) is 21.3 Å². The van der Waals surface area contributed by atoms with Gasteiger partial charge < -0.3 is 18.9 Å². The molecule has 0 fully saturated rings. The third kappa shape index (κ3) is 3.78. The zero-order chi connectivity index (χ0) is 15.2. The van der Waals surface area contributed by atoms with Gasteiger partial charge in [0, 0.05) is 6.42 Å². The molecule has 0 aliphatic carbocycles. The van der Waals surface area contributed by atoms with Crippen molar-refractivity contribution in [3.8, 4) is 11.5 Å². The van der Waals surface area contributed by atoms with E-state index in [4.69, 9.17) is 18.9 Å². The largest absolute Gasteiger partial charge is 0.501 e. The zero-order valence-corrected chi connectivity index (χ0v) is 12.3. The molecule has 1 atom stereocenters. The van der Waals surface area contributed by atoms with E-state index < -0.39 is 0 Å². The first-order chi connectivity index (χ1) is 10.2. The second kappa shape index (κ2) is 6.83. The molecule has 21 heavy (non-hydrogen) atoms. The molecule has 112 valence electrons. The van der Waals surface area contributed by atoms with Gasteiger partial charge in [-0.05, 0) is 23.8 Å². The number of cyclic esters (lactones) is 1. The molecule has 0 saturated heterocycles. The lowest BCUT2D eigenvalue weighted by Crippen LogP contribution is -2.21. The molecule has 0 amide bonds. The van der Waals surface area contributed by atoms with Gasteiger partial charge in [-0.2, -0.15) is 0 Å². The molecular formula is C16H18O5. The Morgan fingerprint density at radius 2 is 1.90 bits per heavy atom. The lowest BCUT2D eigenvalue weighted by atomic mass is 10.1. The predicted molar refractivity (Wildman–Crippen MR) is 78.2 cm³/mol. The van der Waals surface area contributed by atoms with E-state index in [9.17, 15) is 4.79 Å². The number of ether oxygens (including phenoxy) is 4. The Bertz CT molecular complexity index is 574. The first-order valence-corrected chi connectivity index (χ1v) is 6.51. The number of hydrogen-bond donors (Lipinski definition) is 0. The van der Waals surface area contributed by atoms with E-state index in [-0.39, 0.29) is 12.1 Å². The van der Waals surface area contributed by atoms with Crippen molar-refractivity contribution in [3.63, 3.8) is 0 Å². The normalized spacial score (nSPS) is 18.1. The average molecular weight is 290 g/mol. The maximum Gasteiger partial charge on any atom is 0.334 e. The Labute approximate surface area is 123 Å². The minimum Gasteiger partial charge on any atom is -0.501 e. The van der Waals surface area contributed by atoms with Crippen LogP contribution in [0.2, 0.25) is 0 Å². The molecule has 1 heterocycles. The molecule has 0 aromatic heterocycles. The van der Waals surface area contributed by atoms with Crippen LogP contribution in [-0.2, 0) is 14.3 Å². The summed E-state index contributed by atoms with van der Waals surface area (Å²) in [6.45, 7) is 0. The fourth-order valence-electron chi connectivity index (χ4n) is 2.04. The lowest BCUT2D eigenvalue weighted by Gasteiger charge is -2.19. The van der Waals surface area contributed by atoms with Gasteiger partial charge in [-0.1, -0.05) is 12.1 Å². The van der Waals surface area contributed by atoms with Crippen molar-refractivity contribution < 1.29 is 23.7 Å². The van der Waals surface area contributed by atoms with Gasteiger partial charge >= 0.3 is 5.97 Å². The van der Waals surface area contributed by atoms with Crippen molar-refractivity contribution in [1.29, 1.82) is 0 Å². The maximum absolute atomic E-state index is 11.4. The molecule has 5 nitrogen and oxygen atoms in total. The van der Waals surface area contributed by atoms with Gasteiger partial charge in [-0.3, -0.25) is 0 Å². The van der Waals surface area contributed by atoms with Crippen LogP contribution in [0.4, 0.5) is 0 Å². The minimum absolute atomic E-state index is 0.328. The van der Waals surface area contributed by atoms with E-state index in [0.717, 1.165) is 5.56 Å². The Balaban J connectivity index is 2.11. The summed E-state index contributed by atoms with van der Waals surface area (Å²) < 4.78 is 20.7. The average Bonchev–Trinajstić information content (AvgIpc) is 2.52. The number of benzene rings is 1. The first-order valence-electron chi connectivity index (χ1n) is 6.51. The van der Waals surface area contributed by atoms with Gasteiger partial charge in [0.05, 0.1) is 27.4 Å². The molecule has 1 aromatic rings. The van der Waals surface area contributed by atoms with Crippen LogP contribution in [-0.4, -0.2) is 33.4 Å². The summed E-state index contributed by atoms with van der Waals surface area (Å²) in [5.41, 5.74) is 0.928. The Morgan fingerprint density at radius 1 is 1.14 bits per heavy atom. The topological polar surface area (TPSA) is 54.0 Å². The fourth-order valence-corrected chi connectivity index (χ4v) is 2.04. The van der Waals surface area contributed by atoms with Crippen LogP contribution in [0.15, 0.2) is 36.1 Å². The zero-order valence-electron chi connectivity index (χ0n) is 12.3. The van der Waals surface area contributed by atoms with Gasteiger partial charge in [0.2, 0.25) is 0 Å². The molecule has 0 saturated carbocycles. The van der Waals surface area contributed by atoms with Gasteiger partial charge in [0.1, 0.15) is 11.9 Å². The highest BCUT2D eigenvalue weighted by Gasteiger charge is 2.19. The SMILES string of the molecule is COC1=CC(=O)OC(/C=C/c2ccc(OC)c(OC)c2)C1. The molecule has 0 radical (unpaired) electrons. The second-order valence-electron chi connectivity index (χ2n) is 4.47. The number of methoxy groups -OCH3 is 3. The number of hydrogen-bond acceptors (Lipinski definition) is 5. The van der Waals surface area contributed by atoms with E-state index in [2.05, 4.69) is 0 Å². The monoisotopic (exact) mass is 290 g/mol. The van der Waals surface area contributed by atoms with Gasteiger partial charge in [-0.15, -0.1) is 0 Å². The van der Waals surface area contributed by atoms with Crippen LogP contribution in [0.25, 0.3) is 6.08 Å². The van der Waals surface area contributed by atoms with Crippen LogP contribution < -0.4 is 9.47 Å². The third-order valence-corrected chi connectivity index (χ3v) is 3.12. The predicted octanol–water partition coefficient (Wildman–Crippen LogP) is 2.56. The van der Waals surface area contributed by atoms with Crippen LogP contribution in [0.5, 0.6) is 11.5 Å². The van der Waals surface area contributed by atoms with Crippen LogP contribution in [0.3, 0.4) is 0 Å². The molecule has 5 heteroatoms. The van der Waals surface area contributed by atoms with Crippen molar-refractivity contribution in [1.82, 2.24) is 0 Å². The summed E-state index contributed by atoms with van der Waals surface area (Å²) in [7, 11) is 4.72. The van der Waals surface area contributed by atoms with Crippen molar-refractivity contribution in [3.05, 3.63) is 41.7 Å². The molecule has 1 aromatic carbocycles. The lowest BCUT2D eigenvalue weighted by molar-refractivity contribution is -0.142. The molecular weight excluding hydrogens is 272 g/mol. The highest BCUT2D eigenvalue weighted by molar-refractivity contribution is 5.83. The first kappa shape index (κ1) is 15.0. The molecule has 1 unspecified atom stereocenters. The quantitative estimate of drug-likeness (QED) is 0.780. The Hall–Kier alpha value is -2.43. The molecule has 0 spiro atoms. The number of rotatable bonds is 5. The third-order valence-electron chi connectivity index (χ3n) is 3.12. The summed E-state index contributed by atoms with van der Waals surface area (Å²) in [6.07, 6.45) is 5.27. The smallest absolute Gasteiger partial charge is 0.334 e. The van der Waals surface area contributed by atoms with Gasteiger partial charge in [0.15, 0.2) is 11.5 Å². The highest BCUT2D eigenvalue weighted by Crippen LogP contribution is 2.28. The van der Waals surface area contributed by atoms with Crippen molar-refractivity contribution in [2.45, 2.75) is 12.5 Å². The number of carbonyl (C=O) groups is 1. The number of esters is 1. The summed E-state index contributed by atoms with van der Waals surface area (Å²) in [4.78, 5) is 11.4. The maximum atomic E-state index is 11.4. The molecule has 0 N–H and O–H groups in total. The second-order valence-corrected chi connectivity index (χ2v) is 4.47. The summed E-state index contributed by atoms with van der Waals surface area (Å²) >= 11 is 0.